The molecule has 2 fully saturated rings. The molecule has 0 radical (unpaired) electrons. The van der Waals surface area contributed by atoms with E-state index in [2.05, 4.69) is 10.6 Å². The standard InChI is InChI=1S/C24H26ClN3O4/c1-2-5-20(29)26-19-9-4-7-16(13-19)22-21(23(30)27-18-10-11-18)28(24(31)32-22)14-15-6-3-8-17(25)12-15/h3-4,6-9,12-13,18,21-22H,2,5,10-11,14H2,1H3,(H,26,29)(H,27,30)/t21-,22+/m0/s1. The van der Waals surface area contributed by atoms with Crippen LogP contribution in [0.3, 0.4) is 0 Å². The highest BCUT2D eigenvalue weighted by Gasteiger charge is 2.48. The zero-order chi connectivity index (χ0) is 22.7. The minimum atomic E-state index is -0.830. The third-order valence-corrected chi connectivity index (χ3v) is 5.73. The van der Waals surface area contributed by atoms with Gasteiger partial charge in [-0.1, -0.05) is 42.8 Å². The maximum absolute atomic E-state index is 13.2. The van der Waals surface area contributed by atoms with Crippen LogP contribution in [0, 0.1) is 0 Å². The van der Waals surface area contributed by atoms with Crippen molar-refractivity contribution >= 4 is 35.2 Å². The summed E-state index contributed by atoms with van der Waals surface area (Å²) < 4.78 is 5.69. The Labute approximate surface area is 192 Å². The lowest BCUT2D eigenvalue weighted by Crippen LogP contribution is -2.46. The number of anilines is 1. The maximum atomic E-state index is 13.2. The van der Waals surface area contributed by atoms with Crippen LogP contribution in [0.15, 0.2) is 48.5 Å². The molecule has 2 atom stereocenters. The number of hydrogen-bond donors (Lipinski definition) is 2. The highest BCUT2D eigenvalue weighted by Crippen LogP contribution is 2.36. The summed E-state index contributed by atoms with van der Waals surface area (Å²) in [6, 6.07) is 13.6. The fourth-order valence-corrected chi connectivity index (χ4v) is 4.01. The van der Waals surface area contributed by atoms with Crippen LogP contribution in [0.5, 0.6) is 0 Å². The van der Waals surface area contributed by atoms with Crippen molar-refractivity contribution in [2.24, 2.45) is 0 Å². The van der Waals surface area contributed by atoms with Gasteiger partial charge in [-0.25, -0.2) is 4.79 Å². The quantitative estimate of drug-likeness (QED) is 0.616. The maximum Gasteiger partial charge on any atom is 0.411 e. The summed E-state index contributed by atoms with van der Waals surface area (Å²) in [6.45, 7) is 2.14. The molecule has 3 amide bonds. The van der Waals surface area contributed by atoms with Gasteiger partial charge >= 0.3 is 6.09 Å². The molecule has 1 saturated heterocycles. The van der Waals surface area contributed by atoms with Crippen LogP contribution in [0.2, 0.25) is 5.02 Å². The van der Waals surface area contributed by atoms with Gasteiger partial charge in [-0.2, -0.15) is 0 Å². The van der Waals surface area contributed by atoms with E-state index in [0.717, 1.165) is 24.8 Å². The zero-order valence-electron chi connectivity index (χ0n) is 17.8. The zero-order valence-corrected chi connectivity index (χ0v) is 18.6. The van der Waals surface area contributed by atoms with Gasteiger partial charge in [0.05, 0.1) is 6.54 Å². The number of halogens is 1. The molecule has 1 saturated carbocycles. The number of cyclic esters (lactones) is 1. The van der Waals surface area contributed by atoms with Crippen molar-refractivity contribution in [2.45, 2.75) is 57.3 Å². The molecule has 7 nitrogen and oxygen atoms in total. The minimum Gasteiger partial charge on any atom is -0.438 e. The van der Waals surface area contributed by atoms with Gasteiger partial charge in [0.2, 0.25) is 11.8 Å². The van der Waals surface area contributed by atoms with Crippen molar-refractivity contribution in [2.75, 3.05) is 5.32 Å². The molecule has 32 heavy (non-hydrogen) atoms. The summed E-state index contributed by atoms with van der Waals surface area (Å²) in [5.41, 5.74) is 2.06. The second kappa shape index (κ2) is 9.61. The molecule has 1 heterocycles. The van der Waals surface area contributed by atoms with Gasteiger partial charge in [-0.15, -0.1) is 0 Å². The van der Waals surface area contributed by atoms with Crippen LogP contribution < -0.4 is 10.6 Å². The van der Waals surface area contributed by atoms with Crippen LogP contribution in [0.25, 0.3) is 0 Å². The van der Waals surface area contributed by atoms with Crippen molar-refractivity contribution in [3.05, 3.63) is 64.7 Å². The highest BCUT2D eigenvalue weighted by atomic mass is 35.5. The van der Waals surface area contributed by atoms with Gasteiger partial charge in [0.25, 0.3) is 0 Å². The molecule has 168 valence electrons. The van der Waals surface area contributed by atoms with Gasteiger partial charge in [0.1, 0.15) is 0 Å². The number of hydrogen-bond acceptors (Lipinski definition) is 4. The molecular formula is C24H26ClN3O4. The predicted octanol–water partition coefficient (Wildman–Crippen LogP) is 4.42. The number of carbonyl (C=O) groups excluding carboxylic acids is 3. The lowest BCUT2D eigenvalue weighted by Gasteiger charge is -2.24. The van der Waals surface area contributed by atoms with E-state index < -0.39 is 18.2 Å². The predicted molar refractivity (Wildman–Crippen MR) is 121 cm³/mol. The van der Waals surface area contributed by atoms with E-state index in [1.807, 2.05) is 13.0 Å². The number of rotatable bonds is 8. The molecule has 0 spiro atoms. The topological polar surface area (TPSA) is 87.7 Å². The monoisotopic (exact) mass is 455 g/mol. The van der Waals surface area contributed by atoms with Crippen LogP contribution in [0.4, 0.5) is 10.5 Å². The molecule has 2 aromatic rings. The summed E-state index contributed by atoms with van der Waals surface area (Å²) in [5.74, 6) is -0.329. The average molecular weight is 456 g/mol. The first kappa shape index (κ1) is 22.1. The number of benzene rings is 2. The number of nitrogens with zero attached hydrogens (tertiary/aromatic N) is 1. The van der Waals surface area contributed by atoms with Crippen molar-refractivity contribution in [3.8, 4) is 0 Å². The first-order chi connectivity index (χ1) is 15.4. The second-order valence-corrected chi connectivity index (χ2v) is 8.65. The Morgan fingerprint density at radius 3 is 2.66 bits per heavy atom. The molecule has 1 aliphatic heterocycles. The van der Waals surface area contributed by atoms with Gasteiger partial charge in [-0.05, 0) is 54.7 Å². The second-order valence-electron chi connectivity index (χ2n) is 8.21. The van der Waals surface area contributed by atoms with Gasteiger partial charge in [-0.3, -0.25) is 14.5 Å². The van der Waals surface area contributed by atoms with Gasteiger partial charge in [0, 0.05) is 23.2 Å². The molecule has 0 bridgehead atoms. The Morgan fingerprint density at radius 2 is 1.94 bits per heavy atom. The van der Waals surface area contributed by atoms with E-state index >= 15 is 0 Å². The number of carbonyl (C=O) groups is 3. The number of ether oxygens (including phenoxy) is 1. The summed E-state index contributed by atoms with van der Waals surface area (Å²) in [6.07, 6.45) is 1.68. The van der Waals surface area contributed by atoms with E-state index in [1.54, 1.807) is 42.5 Å². The summed E-state index contributed by atoms with van der Waals surface area (Å²) in [7, 11) is 0. The fraction of sp³-hybridized carbons (Fsp3) is 0.375. The summed E-state index contributed by atoms with van der Waals surface area (Å²) in [5, 5.41) is 6.41. The van der Waals surface area contributed by atoms with E-state index in [-0.39, 0.29) is 24.4 Å². The van der Waals surface area contributed by atoms with E-state index in [0.29, 0.717) is 22.7 Å². The Kier molecular flexibility index (Phi) is 6.65. The van der Waals surface area contributed by atoms with Crippen molar-refractivity contribution in [1.82, 2.24) is 10.2 Å². The smallest absolute Gasteiger partial charge is 0.411 e. The molecule has 1 aliphatic carbocycles. The van der Waals surface area contributed by atoms with Crippen LogP contribution in [-0.4, -0.2) is 34.9 Å². The van der Waals surface area contributed by atoms with Crippen LogP contribution in [-0.2, 0) is 20.9 Å². The van der Waals surface area contributed by atoms with Crippen molar-refractivity contribution in [1.29, 1.82) is 0 Å². The van der Waals surface area contributed by atoms with Crippen LogP contribution >= 0.6 is 11.6 Å². The number of nitrogens with one attached hydrogen (secondary N) is 2. The molecule has 2 aromatic carbocycles. The van der Waals surface area contributed by atoms with E-state index in [1.165, 1.54) is 4.90 Å². The first-order valence-electron chi connectivity index (χ1n) is 10.9. The summed E-state index contributed by atoms with van der Waals surface area (Å²) >= 11 is 6.10. The number of amides is 3. The Hall–Kier alpha value is -3.06. The third kappa shape index (κ3) is 5.22. The first-order valence-corrected chi connectivity index (χ1v) is 11.2. The van der Waals surface area contributed by atoms with Gasteiger partial charge in [0.15, 0.2) is 12.1 Å². The Balaban J connectivity index is 1.61. The minimum absolute atomic E-state index is 0.0846. The Bertz CT molecular complexity index is 1020. The lowest BCUT2D eigenvalue weighted by atomic mass is 10.00. The van der Waals surface area contributed by atoms with Gasteiger partial charge < -0.3 is 15.4 Å². The Morgan fingerprint density at radius 1 is 1.16 bits per heavy atom. The molecule has 0 unspecified atom stereocenters. The lowest BCUT2D eigenvalue weighted by molar-refractivity contribution is -0.126. The summed E-state index contributed by atoms with van der Waals surface area (Å²) in [4.78, 5) is 39.4. The van der Waals surface area contributed by atoms with E-state index in [4.69, 9.17) is 16.3 Å². The van der Waals surface area contributed by atoms with E-state index in [9.17, 15) is 14.4 Å². The van der Waals surface area contributed by atoms with Crippen molar-refractivity contribution in [3.63, 3.8) is 0 Å². The van der Waals surface area contributed by atoms with Crippen LogP contribution in [0.1, 0.15) is 49.8 Å². The molecule has 2 aliphatic rings. The molecule has 0 aromatic heterocycles. The third-order valence-electron chi connectivity index (χ3n) is 5.50. The fourth-order valence-electron chi connectivity index (χ4n) is 3.80. The SMILES string of the molecule is CCCC(=O)Nc1cccc([C@H]2OC(=O)N(Cc3cccc(Cl)c3)[C@@H]2C(=O)NC2CC2)c1. The highest BCUT2D eigenvalue weighted by molar-refractivity contribution is 6.30. The largest absolute Gasteiger partial charge is 0.438 e. The molecule has 8 heteroatoms. The molecular weight excluding hydrogens is 430 g/mol. The molecule has 4 rings (SSSR count). The van der Waals surface area contributed by atoms with Crippen molar-refractivity contribution < 1.29 is 19.1 Å². The average Bonchev–Trinajstić information content (AvgIpc) is 3.50. The molecule has 2 N–H and O–H groups in total. The normalized spacial score (nSPS) is 20.1.